The minimum atomic E-state index is -3.62. The molecular formula is C19H23NO4S. The molecule has 6 heteroatoms. The zero-order chi connectivity index (χ0) is 18.6. The molecule has 0 aromatic heterocycles. The second-order valence-corrected chi connectivity index (χ2v) is 7.69. The van der Waals surface area contributed by atoms with Gasteiger partial charge in [0.2, 0.25) is 10.0 Å². The molecule has 0 saturated carbocycles. The second kappa shape index (κ2) is 7.80. The van der Waals surface area contributed by atoms with Gasteiger partial charge >= 0.3 is 5.97 Å². The molecule has 0 radical (unpaired) electrons. The average Bonchev–Trinajstić information content (AvgIpc) is 2.59. The van der Waals surface area contributed by atoms with E-state index in [1.165, 1.54) is 16.4 Å². The molecule has 5 nitrogen and oxygen atoms in total. The van der Waals surface area contributed by atoms with Crippen LogP contribution in [0.15, 0.2) is 47.4 Å². The summed E-state index contributed by atoms with van der Waals surface area (Å²) in [7, 11) is -3.62. The first-order chi connectivity index (χ1) is 11.8. The summed E-state index contributed by atoms with van der Waals surface area (Å²) in [6.07, 6.45) is 0. The molecule has 0 bridgehead atoms. The molecule has 0 aliphatic heterocycles. The number of esters is 1. The van der Waals surface area contributed by atoms with Crippen LogP contribution in [0.5, 0.6) is 5.75 Å². The van der Waals surface area contributed by atoms with Gasteiger partial charge in [-0.2, -0.15) is 4.31 Å². The highest BCUT2D eigenvalue weighted by Gasteiger charge is 2.23. The summed E-state index contributed by atoms with van der Waals surface area (Å²) < 4.78 is 31.9. The number of carbonyl (C=O) groups is 1. The van der Waals surface area contributed by atoms with E-state index in [0.717, 1.165) is 11.1 Å². The predicted octanol–water partition coefficient (Wildman–Crippen LogP) is 3.55. The Hall–Kier alpha value is -2.18. The lowest BCUT2D eigenvalue weighted by molar-refractivity contribution is 0.0734. The van der Waals surface area contributed by atoms with E-state index in [1.807, 2.05) is 19.9 Å². The molecule has 0 fully saturated rings. The Morgan fingerprint density at radius 1 is 1.00 bits per heavy atom. The number of benzene rings is 2. The van der Waals surface area contributed by atoms with Gasteiger partial charge in [-0.15, -0.1) is 0 Å². The lowest BCUT2D eigenvalue weighted by atomic mass is 10.1. The van der Waals surface area contributed by atoms with Gasteiger partial charge in [0.15, 0.2) is 0 Å². The van der Waals surface area contributed by atoms with Crippen molar-refractivity contribution < 1.29 is 17.9 Å². The van der Waals surface area contributed by atoms with Gasteiger partial charge in [0.25, 0.3) is 0 Å². The zero-order valence-corrected chi connectivity index (χ0v) is 15.8. The fraction of sp³-hybridized carbons (Fsp3) is 0.316. The first-order valence-corrected chi connectivity index (χ1v) is 9.63. The van der Waals surface area contributed by atoms with Crippen molar-refractivity contribution in [3.05, 3.63) is 59.2 Å². The summed E-state index contributed by atoms with van der Waals surface area (Å²) in [5.41, 5.74) is 2.32. The number of ether oxygens (including phenoxy) is 1. The first-order valence-electron chi connectivity index (χ1n) is 8.19. The normalized spacial score (nSPS) is 11.6. The van der Waals surface area contributed by atoms with Gasteiger partial charge in [0.05, 0.1) is 10.5 Å². The lowest BCUT2D eigenvalue weighted by Gasteiger charge is -2.18. The van der Waals surface area contributed by atoms with Crippen LogP contribution in [-0.4, -0.2) is 31.8 Å². The van der Waals surface area contributed by atoms with Crippen molar-refractivity contribution in [3.63, 3.8) is 0 Å². The molecule has 25 heavy (non-hydrogen) atoms. The van der Waals surface area contributed by atoms with Crippen LogP contribution in [0.4, 0.5) is 0 Å². The number of hydrogen-bond acceptors (Lipinski definition) is 4. The van der Waals surface area contributed by atoms with E-state index < -0.39 is 16.0 Å². The molecule has 0 aliphatic rings. The van der Waals surface area contributed by atoms with Crippen molar-refractivity contribution in [2.45, 2.75) is 32.6 Å². The highest BCUT2D eigenvalue weighted by molar-refractivity contribution is 7.89. The Labute approximate surface area is 149 Å². The molecule has 0 spiro atoms. The molecule has 2 aromatic rings. The van der Waals surface area contributed by atoms with E-state index in [4.69, 9.17) is 4.74 Å². The minimum absolute atomic E-state index is 0.0886. The Bertz CT molecular complexity index is 871. The fourth-order valence-corrected chi connectivity index (χ4v) is 3.94. The monoisotopic (exact) mass is 361 g/mol. The number of nitrogens with zero attached hydrogens (tertiary/aromatic N) is 1. The van der Waals surface area contributed by atoms with Crippen molar-refractivity contribution >= 4 is 16.0 Å². The van der Waals surface area contributed by atoms with Crippen LogP contribution in [0.25, 0.3) is 0 Å². The molecule has 0 atom stereocenters. The third-order valence-electron chi connectivity index (χ3n) is 4.10. The van der Waals surface area contributed by atoms with Gasteiger partial charge in [0, 0.05) is 13.1 Å². The second-order valence-electron chi connectivity index (χ2n) is 5.75. The van der Waals surface area contributed by atoms with Crippen LogP contribution in [0.3, 0.4) is 0 Å². The number of rotatable bonds is 6. The van der Waals surface area contributed by atoms with Crippen LogP contribution in [0.1, 0.15) is 35.3 Å². The van der Waals surface area contributed by atoms with Crippen molar-refractivity contribution in [2.24, 2.45) is 0 Å². The summed E-state index contributed by atoms with van der Waals surface area (Å²) in [5, 5.41) is 0. The van der Waals surface area contributed by atoms with Gasteiger partial charge in [-0.1, -0.05) is 26.0 Å². The number of carbonyl (C=O) groups excluding carboxylic acids is 1. The third-order valence-corrected chi connectivity index (χ3v) is 6.15. The van der Waals surface area contributed by atoms with Crippen molar-refractivity contribution in [1.29, 1.82) is 0 Å². The average molecular weight is 361 g/mol. The van der Waals surface area contributed by atoms with Gasteiger partial charge < -0.3 is 4.74 Å². The molecule has 134 valence electrons. The van der Waals surface area contributed by atoms with Crippen molar-refractivity contribution in [2.75, 3.05) is 13.1 Å². The van der Waals surface area contributed by atoms with Crippen LogP contribution >= 0.6 is 0 Å². The Kier molecular flexibility index (Phi) is 5.98. The fourth-order valence-electron chi connectivity index (χ4n) is 2.44. The molecule has 0 aliphatic carbocycles. The van der Waals surface area contributed by atoms with E-state index in [1.54, 1.807) is 38.1 Å². The minimum Gasteiger partial charge on any atom is -0.423 e. The van der Waals surface area contributed by atoms with Gasteiger partial charge in [0.1, 0.15) is 5.75 Å². The van der Waals surface area contributed by atoms with E-state index in [9.17, 15) is 13.2 Å². The Morgan fingerprint density at radius 3 is 2.28 bits per heavy atom. The zero-order valence-electron chi connectivity index (χ0n) is 14.9. The van der Waals surface area contributed by atoms with Crippen LogP contribution in [0.2, 0.25) is 0 Å². The number of sulfonamides is 1. The maximum Gasteiger partial charge on any atom is 0.343 e. The van der Waals surface area contributed by atoms with Crippen molar-refractivity contribution in [1.82, 2.24) is 4.31 Å². The molecule has 2 rings (SSSR count). The number of hydrogen-bond donors (Lipinski definition) is 0. The first kappa shape index (κ1) is 19.1. The van der Waals surface area contributed by atoms with Gasteiger partial charge in [-0.3, -0.25) is 0 Å². The standard InChI is InChI=1S/C19H23NO4S/c1-5-20(6-2)25(22,23)18-9-7-8-16(13-18)19(21)24-17-11-10-14(3)15(4)12-17/h7-13H,5-6H2,1-4H3. The molecule has 0 unspecified atom stereocenters. The summed E-state index contributed by atoms with van der Waals surface area (Å²) in [5.74, 6) is -0.148. The number of aryl methyl sites for hydroxylation is 2. The molecule has 0 amide bonds. The summed E-state index contributed by atoms with van der Waals surface area (Å²) in [6, 6.07) is 11.3. The van der Waals surface area contributed by atoms with E-state index in [0.29, 0.717) is 18.8 Å². The largest absolute Gasteiger partial charge is 0.423 e. The van der Waals surface area contributed by atoms with Crippen LogP contribution in [0, 0.1) is 13.8 Å². The third kappa shape index (κ3) is 4.27. The van der Waals surface area contributed by atoms with Gasteiger partial charge in [-0.25, -0.2) is 13.2 Å². The maximum absolute atomic E-state index is 12.6. The maximum atomic E-state index is 12.6. The Morgan fingerprint density at radius 2 is 1.68 bits per heavy atom. The van der Waals surface area contributed by atoms with Gasteiger partial charge in [-0.05, 0) is 55.3 Å². The van der Waals surface area contributed by atoms with E-state index in [2.05, 4.69) is 0 Å². The van der Waals surface area contributed by atoms with Crippen LogP contribution in [-0.2, 0) is 10.0 Å². The summed E-state index contributed by atoms with van der Waals surface area (Å²) >= 11 is 0. The molecule has 2 aromatic carbocycles. The highest BCUT2D eigenvalue weighted by atomic mass is 32.2. The van der Waals surface area contributed by atoms with E-state index in [-0.39, 0.29) is 10.5 Å². The summed E-state index contributed by atoms with van der Waals surface area (Å²) in [4.78, 5) is 12.5. The SMILES string of the molecule is CCN(CC)S(=O)(=O)c1cccc(C(=O)Oc2ccc(C)c(C)c2)c1. The Balaban J connectivity index is 2.28. The molecule has 0 heterocycles. The molecule has 0 saturated heterocycles. The molecule has 0 N–H and O–H groups in total. The predicted molar refractivity (Wildman–Crippen MR) is 97.4 cm³/mol. The van der Waals surface area contributed by atoms with E-state index >= 15 is 0 Å². The van der Waals surface area contributed by atoms with Crippen LogP contribution < -0.4 is 4.74 Å². The topological polar surface area (TPSA) is 63.7 Å². The highest BCUT2D eigenvalue weighted by Crippen LogP contribution is 2.20. The lowest BCUT2D eigenvalue weighted by Crippen LogP contribution is -2.30. The molecular weight excluding hydrogens is 338 g/mol. The quantitative estimate of drug-likeness (QED) is 0.583. The smallest absolute Gasteiger partial charge is 0.343 e. The summed E-state index contributed by atoms with van der Waals surface area (Å²) in [6.45, 7) is 8.20. The van der Waals surface area contributed by atoms with Crippen molar-refractivity contribution in [3.8, 4) is 5.75 Å².